The van der Waals surface area contributed by atoms with Crippen LogP contribution in [0, 0.1) is 0 Å². The van der Waals surface area contributed by atoms with Crippen molar-refractivity contribution in [3.05, 3.63) is 65.2 Å². The van der Waals surface area contributed by atoms with Crippen LogP contribution in [-0.4, -0.2) is 75.6 Å². The van der Waals surface area contributed by atoms with Crippen molar-refractivity contribution in [1.29, 1.82) is 0 Å². The fourth-order valence-corrected chi connectivity index (χ4v) is 6.16. The van der Waals surface area contributed by atoms with Gasteiger partial charge in [0.25, 0.3) is 0 Å². The number of anilines is 1. The molecule has 2 atom stereocenters. The number of carbonyl (C=O) groups is 2. The molecule has 0 bridgehead atoms. The predicted octanol–water partition coefficient (Wildman–Crippen LogP) is 4.94. The number of rotatable bonds is 5. The number of cyclic esters (lactones) is 1. The summed E-state index contributed by atoms with van der Waals surface area (Å²) in [6.07, 6.45) is -5.15. The van der Waals surface area contributed by atoms with Crippen LogP contribution >= 0.6 is 11.3 Å². The Kier molecular flexibility index (Phi) is 6.61. The Bertz CT molecular complexity index is 1520. The average molecular weight is 571 g/mol. The molecule has 2 aromatic heterocycles. The zero-order valence-electron chi connectivity index (χ0n) is 21.4. The van der Waals surface area contributed by atoms with Gasteiger partial charge in [-0.1, -0.05) is 53.8 Å². The molecule has 0 radical (unpaired) electrons. The van der Waals surface area contributed by atoms with E-state index >= 15 is 0 Å². The maximum absolute atomic E-state index is 13.7. The van der Waals surface area contributed by atoms with Gasteiger partial charge in [0, 0.05) is 25.7 Å². The molecule has 13 heteroatoms. The summed E-state index contributed by atoms with van der Waals surface area (Å²) in [5.41, 5.74) is 2.33. The molecule has 4 aromatic rings. The molecule has 2 aliphatic rings. The third-order valence-electron chi connectivity index (χ3n) is 7.17. The van der Waals surface area contributed by atoms with Crippen LogP contribution in [0.15, 0.2) is 54.6 Å². The highest BCUT2D eigenvalue weighted by atomic mass is 32.1. The fourth-order valence-electron chi connectivity index (χ4n) is 5.19. The number of hydrogen-bond acceptors (Lipinski definition) is 7. The lowest BCUT2D eigenvalue weighted by molar-refractivity contribution is -0.137. The first-order valence-electron chi connectivity index (χ1n) is 12.7. The molecule has 2 amide bonds. The summed E-state index contributed by atoms with van der Waals surface area (Å²) < 4.78 is 46.3. The van der Waals surface area contributed by atoms with Gasteiger partial charge in [-0.15, -0.1) is 0 Å². The summed E-state index contributed by atoms with van der Waals surface area (Å²) in [5.74, 6) is 0.0123. The summed E-state index contributed by atoms with van der Waals surface area (Å²) >= 11 is 0.571. The number of para-hydroxylation sites is 2. The SMILES string of the molecule is C[C@@H]1CN(c2sc(C(F)(F)F)nc2-c2nc3ccccc3[nH]2)CCN1C(=O)CN1C(=O)OC[C@@H]1c1ccccc1. The van der Waals surface area contributed by atoms with Gasteiger partial charge in [0.05, 0.1) is 17.1 Å². The van der Waals surface area contributed by atoms with Crippen LogP contribution in [0.5, 0.6) is 0 Å². The Balaban J connectivity index is 1.21. The van der Waals surface area contributed by atoms with E-state index in [9.17, 15) is 22.8 Å². The van der Waals surface area contributed by atoms with Gasteiger partial charge in [-0.2, -0.15) is 13.2 Å². The highest BCUT2D eigenvalue weighted by Crippen LogP contribution is 2.43. The normalized spacial score (nSPS) is 19.9. The molecule has 6 rings (SSSR count). The average Bonchev–Trinajstić information content (AvgIpc) is 3.66. The molecule has 2 aromatic carbocycles. The fraction of sp³-hybridized carbons (Fsp3) is 0.333. The first kappa shape index (κ1) is 26.1. The van der Waals surface area contributed by atoms with Crippen LogP contribution in [0.2, 0.25) is 0 Å². The Labute approximate surface area is 231 Å². The monoisotopic (exact) mass is 570 g/mol. The third-order valence-corrected chi connectivity index (χ3v) is 8.33. The van der Waals surface area contributed by atoms with Gasteiger partial charge in [-0.05, 0) is 24.6 Å². The van der Waals surface area contributed by atoms with E-state index in [0.29, 0.717) is 40.5 Å². The van der Waals surface area contributed by atoms with Crippen molar-refractivity contribution in [2.24, 2.45) is 0 Å². The summed E-state index contributed by atoms with van der Waals surface area (Å²) in [6, 6.07) is 15.9. The molecule has 40 heavy (non-hydrogen) atoms. The molecule has 9 nitrogen and oxygen atoms in total. The minimum Gasteiger partial charge on any atom is -0.447 e. The van der Waals surface area contributed by atoms with E-state index < -0.39 is 17.3 Å². The summed E-state index contributed by atoms with van der Waals surface area (Å²) in [7, 11) is 0. The van der Waals surface area contributed by atoms with Crippen LogP contribution in [0.4, 0.5) is 23.0 Å². The van der Waals surface area contributed by atoms with Crippen molar-refractivity contribution < 1.29 is 27.5 Å². The number of aromatic nitrogens is 3. The van der Waals surface area contributed by atoms with E-state index in [2.05, 4.69) is 15.0 Å². The molecule has 2 aliphatic heterocycles. The maximum atomic E-state index is 13.7. The second-order valence-corrected chi connectivity index (χ2v) is 10.8. The number of piperazine rings is 1. The molecule has 4 heterocycles. The first-order valence-corrected chi connectivity index (χ1v) is 13.6. The lowest BCUT2D eigenvalue weighted by Crippen LogP contribution is -2.56. The Morgan fingerprint density at radius 2 is 1.85 bits per heavy atom. The Morgan fingerprint density at radius 1 is 1.10 bits per heavy atom. The van der Waals surface area contributed by atoms with Crippen LogP contribution in [0.3, 0.4) is 0 Å². The number of fused-ring (bicyclic) bond motifs is 1. The number of H-pyrrole nitrogens is 1. The summed E-state index contributed by atoms with van der Waals surface area (Å²) in [6.45, 7) is 2.73. The van der Waals surface area contributed by atoms with E-state index in [4.69, 9.17) is 4.74 Å². The van der Waals surface area contributed by atoms with Crippen LogP contribution < -0.4 is 4.90 Å². The second-order valence-electron chi connectivity index (χ2n) is 9.79. The van der Waals surface area contributed by atoms with Gasteiger partial charge < -0.3 is 19.5 Å². The second kappa shape index (κ2) is 10.1. The van der Waals surface area contributed by atoms with Gasteiger partial charge >= 0.3 is 12.3 Å². The summed E-state index contributed by atoms with van der Waals surface area (Å²) in [5, 5.41) is -0.610. The largest absolute Gasteiger partial charge is 0.447 e. The molecule has 0 unspecified atom stereocenters. The topological polar surface area (TPSA) is 94.7 Å². The zero-order chi connectivity index (χ0) is 28.0. The molecule has 208 valence electrons. The number of nitrogens with one attached hydrogen (secondary N) is 1. The van der Waals surface area contributed by atoms with Crippen molar-refractivity contribution in [2.45, 2.75) is 25.2 Å². The number of aromatic amines is 1. The molecule has 1 N–H and O–H groups in total. The lowest BCUT2D eigenvalue weighted by Gasteiger charge is -2.41. The number of nitrogens with zero attached hydrogens (tertiary/aromatic N) is 5. The van der Waals surface area contributed by atoms with Gasteiger partial charge in [0.2, 0.25) is 10.9 Å². The van der Waals surface area contributed by atoms with E-state index in [1.807, 2.05) is 48.2 Å². The molecular formula is C27H25F3N6O3S. The number of halogens is 3. The zero-order valence-corrected chi connectivity index (χ0v) is 22.2. The van der Waals surface area contributed by atoms with Crippen molar-refractivity contribution in [3.8, 4) is 11.5 Å². The van der Waals surface area contributed by atoms with Gasteiger partial charge in [0.15, 0.2) is 5.82 Å². The van der Waals surface area contributed by atoms with Crippen molar-refractivity contribution in [2.75, 3.05) is 37.7 Å². The Hall–Kier alpha value is -4.13. The minimum atomic E-state index is -4.60. The number of hydrogen-bond donors (Lipinski definition) is 1. The molecular weight excluding hydrogens is 545 g/mol. The van der Waals surface area contributed by atoms with Crippen molar-refractivity contribution >= 4 is 39.4 Å². The smallest absolute Gasteiger partial charge is 0.443 e. The number of thiazole rings is 1. The molecule has 2 saturated heterocycles. The number of imidazole rings is 1. The Morgan fingerprint density at radius 3 is 2.58 bits per heavy atom. The van der Waals surface area contributed by atoms with Crippen LogP contribution in [0.1, 0.15) is 23.5 Å². The molecule has 0 spiro atoms. The molecule has 0 saturated carbocycles. The van der Waals surface area contributed by atoms with Gasteiger partial charge in [-0.25, -0.2) is 14.8 Å². The van der Waals surface area contributed by atoms with E-state index in [1.54, 1.807) is 23.1 Å². The quantitative estimate of drug-likeness (QED) is 0.366. The molecule has 0 aliphatic carbocycles. The van der Waals surface area contributed by atoms with Crippen molar-refractivity contribution in [3.63, 3.8) is 0 Å². The highest BCUT2D eigenvalue weighted by molar-refractivity contribution is 7.16. The van der Waals surface area contributed by atoms with E-state index in [1.165, 1.54) is 4.90 Å². The summed E-state index contributed by atoms with van der Waals surface area (Å²) in [4.78, 5) is 42.2. The van der Waals surface area contributed by atoms with Crippen LogP contribution in [0.25, 0.3) is 22.6 Å². The third kappa shape index (κ3) is 4.85. The molecule has 2 fully saturated rings. The maximum Gasteiger partial charge on any atom is 0.443 e. The number of amides is 2. The first-order chi connectivity index (χ1) is 19.2. The lowest BCUT2D eigenvalue weighted by atomic mass is 10.1. The predicted molar refractivity (Wildman–Crippen MR) is 143 cm³/mol. The van der Waals surface area contributed by atoms with E-state index in [0.717, 1.165) is 5.56 Å². The number of alkyl halides is 3. The highest BCUT2D eigenvalue weighted by Gasteiger charge is 2.40. The number of ether oxygens (including phenoxy) is 1. The minimum absolute atomic E-state index is 0.131. The standard InChI is InChI=1S/C27H25F3N6O3S/c1-16-13-34(11-12-35(16)21(37)14-36-20(15-39-26(36)38)17-7-3-2-4-8-17)24-22(33-25(40-24)27(28,29)30)23-31-18-9-5-6-10-19(18)32-23/h2-10,16,20H,11-15H2,1H3,(H,31,32)/t16-,20-/m1/s1. The van der Waals surface area contributed by atoms with Crippen LogP contribution in [-0.2, 0) is 15.7 Å². The van der Waals surface area contributed by atoms with E-state index in [-0.39, 0.29) is 49.2 Å². The van der Waals surface area contributed by atoms with Gasteiger partial charge in [0.1, 0.15) is 23.8 Å². The van der Waals surface area contributed by atoms with Crippen molar-refractivity contribution in [1.82, 2.24) is 24.8 Å². The number of benzene rings is 2. The number of carbonyl (C=O) groups excluding carboxylic acids is 2. The van der Waals surface area contributed by atoms with Gasteiger partial charge in [-0.3, -0.25) is 9.69 Å².